The van der Waals surface area contributed by atoms with Gasteiger partial charge < -0.3 is 15.2 Å². The van der Waals surface area contributed by atoms with Gasteiger partial charge in [0, 0.05) is 24.2 Å². The van der Waals surface area contributed by atoms with E-state index in [0.29, 0.717) is 28.9 Å². The number of rotatable bonds is 5. The van der Waals surface area contributed by atoms with Crippen molar-refractivity contribution in [1.29, 1.82) is 0 Å². The molecule has 0 saturated heterocycles. The molecule has 0 aliphatic rings. The van der Waals surface area contributed by atoms with Gasteiger partial charge in [-0.25, -0.2) is 0 Å². The van der Waals surface area contributed by atoms with Gasteiger partial charge in [0.15, 0.2) is 0 Å². The second kappa shape index (κ2) is 6.30. The summed E-state index contributed by atoms with van der Waals surface area (Å²) >= 11 is 11.9. The Morgan fingerprint density at radius 1 is 1.38 bits per heavy atom. The number of hydrogen-bond donors (Lipinski definition) is 1. The fourth-order valence-electron chi connectivity index (χ4n) is 1.20. The molecule has 1 unspecified atom stereocenters. The van der Waals surface area contributed by atoms with Crippen molar-refractivity contribution in [2.24, 2.45) is 5.73 Å². The maximum Gasteiger partial charge on any atom is 0.142 e. The van der Waals surface area contributed by atoms with Crippen LogP contribution in [0.2, 0.25) is 10.0 Å². The molecule has 0 amide bonds. The number of hydrogen-bond acceptors (Lipinski definition) is 3. The molecule has 5 heteroatoms. The minimum Gasteiger partial charge on any atom is -0.489 e. The Kier molecular flexibility index (Phi) is 5.35. The summed E-state index contributed by atoms with van der Waals surface area (Å²) in [6.07, 6.45) is -0.00244. The fraction of sp³-hybridized carbons (Fsp3) is 0.455. The molecular formula is C11H15Cl2NO2. The molecule has 3 nitrogen and oxygen atoms in total. The van der Waals surface area contributed by atoms with Crippen molar-refractivity contribution in [3.8, 4) is 5.75 Å². The first-order chi connectivity index (χ1) is 7.58. The Morgan fingerprint density at radius 3 is 2.62 bits per heavy atom. The maximum absolute atomic E-state index is 6.03. The standard InChI is InChI=1S/C11H15Cl2NO2/c1-7(15-2)6-16-11-8(5-14)3-9(12)4-10(11)13/h3-4,7H,5-6,14H2,1-2H3. The lowest BCUT2D eigenvalue weighted by molar-refractivity contribution is 0.0713. The molecule has 0 heterocycles. The van der Waals surface area contributed by atoms with Crippen molar-refractivity contribution in [3.05, 3.63) is 27.7 Å². The molecule has 0 aliphatic heterocycles. The summed E-state index contributed by atoms with van der Waals surface area (Å²) in [6.45, 7) is 2.66. The SMILES string of the molecule is COC(C)COc1c(Cl)cc(Cl)cc1CN. The van der Waals surface area contributed by atoms with E-state index in [9.17, 15) is 0 Å². The van der Waals surface area contributed by atoms with Crippen molar-refractivity contribution in [1.82, 2.24) is 0 Å². The van der Waals surface area contributed by atoms with Crippen LogP contribution in [0.25, 0.3) is 0 Å². The topological polar surface area (TPSA) is 44.5 Å². The lowest BCUT2D eigenvalue weighted by atomic mass is 10.2. The third-order valence-corrected chi connectivity index (χ3v) is 2.67. The normalized spacial score (nSPS) is 12.6. The van der Waals surface area contributed by atoms with E-state index in [1.807, 2.05) is 6.92 Å². The van der Waals surface area contributed by atoms with Crippen molar-refractivity contribution < 1.29 is 9.47 Å². The van der Waals surface area contributed by atoms with Crippen LogP contribution in [-0.2, 0) is 11.3 Å². The molecule has 1 atom stereocenters. The van der Waals surface area contributed by atoms with Crippen LogP contribution in [0.4, 0.5) is 0 Å². The van der Waals surface area contributed by atoms with Crippen LogP contribution in [0, 0.1) is 0 Å². The van der Waals surface area contributed by atoms with Gasteiger partial charge in [-0.3, -0.25) is 0 Å². The third kappa shape index (κ3) is 3.52. The summed E-state index contributed by atoms with van der Waals surface area (Å²) < 4.78 is 10.7. The molecule has 0 aromatic heterocycles. The predicted molar refractivity (Wildman–Crippen MR) is 66.3 cm³/mol. The highest BCUT2D eigenvalue weighted by Gasteiger charge is 2.11. The summed E-state index contributed by atoms with van der Waals surface area (Å²) in [5, 5.41) is 1.02. The average molecular weight is 264 g/mol. The summed E-state index contributed by atoms with van der Waals surface area (Å²) in [7, 11) is 1.63. The molecule has 0 radical (unpaired) electrons. The van der Waals surface area contributed by atoms with Crippen molar-refractivity contribution in [2.45, 2.75) is 19.6 Å². The van der Waals surface area contributed by atoms with E-state index < -0.39 is 0 Å². The van der Waals surface area contributed by atoms with Crippen molar-refractivity contribution >= 4 is 23.2 Å². The molecule has 0 aliphatic carbocycles. The first-order valence-electron chi connectivity index (χ1n) is 4.92. The van der Waals surface area contributed by atoms with Crippen LogP contribution in [0.1, 0.15) is 12.5 Å². The molecule has 0 saturated carbocycles. The van der Waals surface area contributed by atoms with E-state index in [0.717, 1.165) is 5.56 Å². The second-order valence-electron chi connectivity index (χ2n) is 3.44. The summed E-state index contributed by atoms with van der Waals surface area (Å²) in [4.78, 5) is 0. The van der Waals surface area contributed by atoms with E-state index in [2.05, 4.69) is 0 Å². The summed E-state index contributed by atoms with van der Waals surface area (Å²) in [6, 6.07) is 3.38. The first kappa shape index (κ1) is 13.6. The highest BCUT2D eigenvalue weighted by atomic mass is 35.5. The van der Waals surface area contributed by atoms with Gasteiger partial charge in [-0.1, -0.05) is 23.2 Å². The Bertz CT molecular complexity index is 358. The number of halogens is 2. The van der Waals surface area contributed by atoms with Gasteiger partial charge in [0.1, 0.15) is 12.4 Å². The minimum atomic E-state index is -0.00244. The van der Waals surface area contributed by atoms with Gasteiger partial charge in [-0.2, -0.15) is 0 Å². The molecule has 2 N–H and O–H groups in total. The van der Waals surface area contributed by atoms with E-state index >= 15 is 0 Å². The third-order valence-electron chi connectivity index (χ3n) is 2.17. The Labute approximate surface area is 105 Å². The predicted octanol–water partition coefficient (Wildman–Crippen LogP) is 2.87. The van der Waals surface area contributed by atoms with Crippen LogP contribution in [0.5, 0.6) is 5.75 Å². The van der Waals surface area contributed by atoms with E-state index in [1.165, 1.54) is 0 Å². The van der Waals surface area contributed by atoms with Gasteiger partial charge in [0.05, 0.1) is 11.1 Å². The minimum absolute atomic E-state index is 0.00244. The van der Waals surface area contributed by atoms with Gasteiger partial charge in [0.25, 0.3) is 0 Å². The Morgan fingerprint density at radius 2 is 2.06 bits per heavy atom. The van der Waals surface area contributed by atoms with E-state index in [-0.39, 0.29) is 6.10 Å². The van der Waals surface area contributed by atoms with Gasteiger partial charge in [0.2, 0.25) is 0 Å². The first-order valence-corrected chi connectivity index (χ1v) is 5.67. The Balaban J connectivity index is 2.85. The molecule has 16 heavy (non-hydrogen) atoms. The number of benzene rings is 1. The molecule has 1 aromatic rings. The van der Waals surface area contributed by atoms with Crippen LogP contribution >= 0.6 is 23.2 Å². The second-order valence-corrected chi connectivity index (χ2v) is 4.28. The largest absolute Gasteiger partial charge is 0.489 e. The lowest BCUT2D eigenvalue weighted by Crippen LogP contribution is -2.17. The molecule has 0 fully saturated rings. The van der Waals surface area contributed by atoms with Gasteiger partial charge >= 0.3 is 0 Å². The van der Waals surface area contributed by atoms with Crippen LogP contribution < -0.4 is 10.5 Å². The zero-order valence-electron chi connectivity index (χ0n) is 9.30. The molecule has 1 aromatic carbocycles. The highest BCUT2D eigenvalue weighted by molar-refractivity contribution is 6.35. The Hall–Kier alpha value is -0.480. The smallest absolute Gasteiger partial charge is 0.142 e. The summed E-state index contributed by atoms with van der Waals surface area (Å²) in [5.74, 6) is 0.581. The van der Waals surface area contributed by atoms with Crippen LogP contribution in [0.15, 0.2) is 12.1 Å². The molecular weight excluding hydrogens is 249 g/mol. The molecule has 0 spiro atoms. The van der Waals surface area contributed by atoms with E-state index in [1.54, 1.807) is 19.2 Å². The van der Waals surface area contributed by atoms with Crippen LogP contribution in [0.3, 0.4) is 0 Å². The lowest BCUT2D eigenvalue weighted by Gasteiger charge is -2.15. The quantitative estimate of drug-likeness (QED) is 0.889. The van der Waals surface area contributed by atoms with Crippen molar-refractivity contribution in [2.75, 3.05) is 13.7 Å². The molecule has 1 rings (SSSR count). The number of nitrogens with two attached hydrogens (primary N) is 1. The number of methoxy groups -OCH3 is 1. The number of ether oxygens (including phenoxy) is 2. The fourth-order valence-corrected chi connectivity index (χ4v) is 1.79. The summed E-state index contributed by atoms with van der Waals surface area (Å²) in [5.41, 5.74) is 6.39. The molecule has 90 valence electrons. The average Bonchev–Trinajstić information content (AvgIpc) is 2.26. The van der Waals surface area contributed by atoms with Gasteiger partial charge in [-0.05, 0) is 19.1 Å². The maximum atomic E-state index is 6.03. The zero-order valence-corrected chi connectivity index (χ0v) is 10.8. The zero-order chi connectivity index (χ0) is 12.1. The van der Waals surface area contributed by atoms with Crippen LogP contribution in [-0.4, -0.2) is 19.8 Å². The highest BCUT2D eigenvalue weighted by Crippen LogP contribution is 2.32. The van der Waals surface area contributed by atoms with Gasteiger partial charge in [-0.15, -0.1) is 0 Å². The van der Waals surface area contributed by atoms with E-state index in [4.69, 9.17) is 38.4 Å². The molecule has 0 bridgehead atoms. The van der Waals surface area contributed by atoms with Crippen molar-refractivity contribution in [3.63, 3.8) is 0 Å². The monoisotopic (exact) mass is 263 g/mol.